The van der Waals surface area contributed by atoms with Gasteiger partial charge in [-0.25, -0.2) is 0 Å². The fourth-order valence-corrected chi connectivity index (χ4v) is 2.24. The van der Waals surface area contributed by atoms with Crippen molar-refractivity contribution in [1.29, 1.82) is 5.26 Å². The lowest BCUT2D eigenvalue weighted by Crippen LogP contribution is -2.33. The van der Waals surface area contributed by atoms with Gasteiger partial charge in [0.25, 0.3) is 0 Å². The standard InChI is InChI=1S/C15H22BrN3/c1-4-19(5-2)9-8-18-15(11-17)13-6-7-14(16)12(3)10-13/h6-7,10,15,18H,4-5,8-9H2,1-3H3. The third kappa shape index (κ3) is 4.94. The zero-order valence-electron chi connectivity index (χ0n) is 11.9. The first-order chi connectivity index (χ1) is 9.12. The summed E-state index contributed by atoms with van der Waals surface area (Å²) in [4.78, 5) is 2.34. The van der Waals surface area contributed by atoms with E-state index in [-0.39, 0.29) is 6.04 Å². The van der Waals surface area contributed by atoms with Gasteiger partial charge in [-0.1, -0.05) is 41.9 Å². The Kier molecular flexibility index (Phi) is 7.07. The van der Waals surface area contributed by atoms with Gasteiger partial charge in [-0.05, 0) is 37.2 Å². The van der Waals surface area contributed by atoms with Crippen LogP contribution in [0.15, 0.2) is 22.7 Å². The van der Waals surface area contributed by atoms with Gasteiger partial charge in [0.2, 0.25) is 0 Å². The fraction of sp³-hybridized carbons (Fsp3) is 0.533. The predicted molar refractivity (Wildman–Crippen MR) is 83.0 cm³/mol. The fourth-order valence-electron chi connectivity index (χ4n) is 1.99. The molecular formula is C15H22BrN3. The van der Waals surface area contributed by atoms with Crippen molar-refractivity contribution in [3.05, 3.63) is 33.8 Å². The molecule has 1 rings (SSSR count). The van der Waals surface area contributed by atoms with E-state index >= 15 is 0 Å². The van der Waals surface area contributed by atoms with E-state index in [2.05, 4.69) is 52.1 Å². The van der Waals surface area contributed by atoms with Crippen LogP contribution >= 0.6 is 15.9 Å². The summed E-state index contributed by atoms with van der Waals surface area (Å²) >= 11 is 3.48. The van der Waals surface area contributed by atoms with Gasteiger partial charge in [0.15, 0.2) is 0 Å². The summed E-state index contributed by atoms with van der Waals surface area (Å²) in [5.74, 6) is 0. The zero-order chi connectivity index (χ0) is 14.3. The van der Waals surface area contributed by atoms with Crippen LogP contribution in [0.5, 0.6) is 0 Å². The molecule has 0 fully saturated rings. The molecule has 19 heavy (non-hydrogen) atoms. The average Bonchev–Trinajstić information content (AvgIpc) is 2.42. The van der Waals surface area contributed by atoms with Crippen molar-refractivity contribution < 1.29 is 0 Å². The van der Waals surface area contributed by atoms with E-state index in [1.807, 2.05) is 19.1 Å². The molecule has 3 nitrogen and oxygen atoms in total. The summed E-state index contributed by atoms with van der Waals surface area (Å²) in [6.07, 6.45) is 0. The first kappa shape index (κ1) is 16.2. The van der Waals surface area contributed by atoms with Crippen molar-refractivity contribution in [2.75, 3.05) is 26.2 Å². The largest absolute Gasteiger partial charge is 0.303 e. The molecule has 0 aliphatic heterocycles. The Morgan fingerprint density at radius 1 is 1.37 bits per heavy atom. The maximum absolute atomic E-state index is 9.28. The van der Waals surface area contributed by atoms with E-state index in [1.165, 1.54) is 0 Å². The molecule has 0 amide bonds. The number of nitrogens with zero attached hydrogens (tertiary/aromatic N) is 2. The van der Waals surface area contributed by atoms with Crippen LogP contribution in [0.25, 0.3) is 0 Å². The molecule has 1 N–H and O–H groups in total. The molecule has 1 unspecified atom stereocenters. The Morgan fingerprint density at radius 2 is 2.05 bits per heavy atom. The number of halogens is 1. The van der Waals surface area contributed by atoms with E-state index in [0.29, 0.717) is 0 Å². The van der Waals surface area contributed by atoms with Crippen molar-refractivity contribution in [1.82, 2.24) is 10.2 Å². The second-order valence-corrected chi connectivity index (χ2v) is 5.41. The highest BCUT2D eigenvalue weighted by Gasteiger charge is 2.11. The molecule has 104 valence electrons. The van der Waals surface area contributed by atoms with E-state index in [9.17, 15) is 5.26 Å². The Morgan fingerprint density at radius 3 is 2.58 bits per heavy atom. The summed E-state index contributed by atoms with van der Waals surface area (Å²) < 4.78 is 1.08. The second kappa shape index (κ2) is 8.31. The molecule has 0 saturated heterocycles. The molecule has 4 heteroatoms. The number of nitrogens with one attached hydrogen (secondary N) is 1. The second-order valence-electron chi connectivity index (χ2n) is 4.55. The van der Waals surface area contributed by atoms with Crippen molar-refractivity contribution in [3.63, 3.8) is 0 Å². The Labute approximate surface area is 124 Å². The molecule has 0 saturated carbocycles. The summed E-state index contributed by atoms with van der Waals surface area (Å²) in [5.41, 5.74) is 2.19. The monoisotopic (exact) mass is 323 g/mol. The number of rotatable bonds is 7. The number of aryl methyl sites for hydroxylation is 1. The van der Waals surface area contributed by atoms with Crippen LogP contribution in [0.3, 0.4) is 0 Å². The maximum atomic E-state index is 9.28. The van der Waals surface area contributed by atoms with Gasteiger partial charge in [0.1, 0.15) is 6.04 Å². The summed E-state index contributed by atoms with van der Waals surface area (Å²) in [6.45, 7) is 10.2. The maximum Gasteiger partial charge on any atom is 0.121 e. The minimum Gasteiger partial charge on any atom is -0.303 e. The Bertz CT molecular complexity index is 436. The quantitative estimate of drug-likeness (QED) is 0.837. The van der Waals surface area contributed by atoms with Crippen molar-refractivity contribution in [3.8, 4) is 6.07 Å². The molecule has 0 aliphatic rings. The van der Waals surface area contributed by atoms with Crippen LogP contribution in [0.2, 0.25) is 0 Å². The zero-order valence-corrected chi connectivity index (χ0v) is 13.5. The molecule has 1 aromatic rings. The average molecular weight is 324 g/mol. The van der Waals surface area contributed by atoms with Crippen LogP contribution in [0.4, 0.5) is 0 Å². The lowest BCUT2D eigenvalue weighted by atomic mass is 10.1. The topological polar surface area (TPSA) is 39.1 Å². The van der Waals surface area contributed by atoms with Crippen LogP contribution in [0.1, 0.15) is 31.0 Å². The normalized spacial score (nSPS) is 12.4. The number of likely N-dealkylation sites (N-methyl/N-ethyl adjacent to an activating group) is 1. The van der Waals surface area contributed by atoms with Gasteiger partial charge >= 0.3 is 0 Å². The highest BCUT2D eigenvalue weighted by molar-refractivity contribution is 9.10. The van der Waals surface area contributed by atoms with Crippen molar-refractivity contribution in [2.24, 2.45) is 0 Å². The van der Waals surface area contributed by atoms with Crippen molar-refractivity contribution in [2.45, 2.75) is 26.8 Å². The number of benzene rings is 1. The molecule has 1 aromatic carbocycles. The molecule has 0 bridgehead atoms. The molecule has 1 atom stereocenters. The van der Waals surface area contributed by atoms with Gasteiger partial charge in [0.05, 0.1) is 6.07 Å². The van der Waals surface area contributed by atoms with E-state index in [1.54, 1.807) is 0 Å². The summed E-state index contributed by atoms with van der Waals surface area (Å²) in [5, 5.41) is 12.6. The molecule has 0 heterocycles. The lowest BCUT2D eigenvalue weighted by Gasteiger charge is -2.19. The molecular weight excluding hydrogens is 302 g/mol. The highest BCUT2D eigenvalue weighted by Crippen LogP contribution is 2.20. The van der Waals surface area contributed by atoms with E-state index in [4.69, 9.17) is 0 Å². The first-order valence-corrected chi connectivity index (χ1v) is 7.53. The van der Waals surface area contributed by atoms with Crippen LogP contribution in [-0.2, 0) is 0 Å². The number of hydrogen-bond donors (Lipinski definition) is 1. The van der Waals surface area contributed by atoms with Gasteiger partial charge in [-0.15, -0.1) is 0 Å². The molecule has 0 spiro atoms. The first-order valence-electron chi connectivity index (χ1n) is 6.73. The lowest BCUT2D eigenvalue weighted by molar-refractivity contribution is 0.300. The van der Waals surface area contributed by atoms with Gasteiger partial charge in [-0.2, -0.15) is 5.26 Å². The Hall–Kier alpha value is -0.890. The van der Waals surface area contributed by atoms with Gasteiger partial charge < -0.3 is 4.90 Å². The molecule has 0 radical (unpaired) electrons. The molecule has 0 aromatic heterocycles. The smallest absolute Gasteiger partial charge is 0.121 e. The third-order valence-corrected chi connectivity index (χ3v) is 4.21. The number of hydrogen-bond acceptors (Lipinski definition) is 3. The molecule has 0 aliphatic carbocycles. The number of nitriles is 1. The van der Waals surface area contributed by atoms with Gasteiger partial charge in [-0.3, -0.25) is 5.32 Å². The van der Waals surface area contributed by atoms with Crippen LogP contribution < -0.4 is 5.32 Å². The SMILES string of the molecule is CCN(CC)CCNC(C#N)c1ccc(Br)c(C)c1. The summed E-state index contributed by atoms with van der Waals surface area (Å²) in [7, 11) is 0. The highest BCUT2D eigenvalue weighted by atomic mass is 79.9. The van der Waals surface area contributed by atoms with E-state index in [0.717, 1.165) is 41.8 Å². The van der Waals surface area contributed by atoms with Crippen molar-refractivity contribution >= 4 is 15.9 Å². The Balaban J connectivity index is 2.59. The third-order valence-electron chi connectivity index (χ3n) is 3.32. The van der Waals surface area contributed by atoms with Crippen LogP contribution in [0, 0.1) is 18.3 Å². The van der Waals surface area contributed by atoms with Gasteiger partial charge in [0, 0.05) is 17.6 Å². The predicted octanol–water partition coefficient (Wildman–Crippen LogP) is 3.25. The van der Waals surface area contributed by atoms with Crippen LogP contribution in [-0.4, -0.2) is 31.1 Å². The minimum absolute atomic E-state index is 0.234. The summed E-state index contributed by atoms with van der Waals surface area (Å²) in [6, 6.07) is 8.15. The van der Waals surface area contributed by atoms with E-state index < -0.39 is 0 Å². The minimum atomic E-state index is -0.234.